The number of carbonyl (C=O) groups is 2. The fraction of sp³-hybridized carbons (Fsp3) is 0.667. The molecule has 40 heavy (non-hydrogen) atoms. The molecule has 0 fully saturated rings. The summed E-state index contributed by atoms with van der Waals surface area (Å²) >= 11 is 0. The second-order valence-electron chi connectivity index (χ2n) is 10.6. The molecule has 0 saturated carbocycles. The van der Waals surface area contributed by atoms with E-state index in [4.69, 9.17) is 9.84 Å². The number of hydrogen-bond donors (Lipinski definition) is 1. The van der Waals surface area contributed by atoms with Crippen molar-refractivity contribution in [3.8, 4) is 0 Å². The molecule has 4 heteroatoms. The summed E-state index contributed by atoms with van der Waals surface area (Å²) < 4.78 is 5.66. The molecule has 1 N–H and O–H groups in total. The molecule has 4 nitrogen and oxygen atoms in total. The molecule has 1 atom stereocenters. The molecule has 0 aliphatic rings. The van der Waals surface area contributed by atoms with Crippen LogP contribution in [0.4, 0.5) is 0 Å². The zero-order valence-electron chi connectivity index (χ0n) is 25.9. The quantitative estimate of drug-likeness (QED) is 0.0591. The lowest BCUT2D eigenvalue weighted by Crippen LogP contribution is -2.19. The molecule has 0 rings (SSSR count). The maximum absolute atomic E-state index is 12.3. The zero-order chi connectivity index (χ0) is 29.4. The van der Waals surface area contributed by atoms with Gasteiger partial charge < -0.3 is 9.84 Å². The molecule has 0 radical (unpaired) electrons. The first-order valence-corrected chi connectivity index (χ1v) is 16.3. The molecule has 1 unspecified atom stereocenters. The van der Waals surface area contributed by atoms with Crippen LogP contribution >= 0.6 is 0 Å². The van der Waals surface area contributed by atoms with E-state index in [-0.39, 0.29) is 18.5 Å². The standard InChI is InChI=1S/C36H60O4/c1-3-5-7-9-11-13-15-16-17-18-19-20-21-23-25-27-29-31-36(39)40-34(32-33-35(37)38)30-28-26-24-22-14-12-10-8-6-4-2/h5,7,11,13,16-17,19-20,23,25,34H,3-4,6,8-10,12,14-15,18,21-22,24,26-33H2,1-2H3,(H,37,38)/b7-5-,13-11-,17-16-,20-19-,25-23-. The molecule has 0 heterocycles. The van der Waals surface area contributed by atoms with E-state index in [0.29, 0.717) is 12.8 Å². The van der Waals surface area contributed by atoms with Crippen LogP contribution in [-0.4, -0.2) is 23.1 Å². The number of carboxylic acid groups (broad SMARTS) is 1. The average molecular weight is 557 g/mol. The Morgan fingerprint density at radius 1 is 0.575 bits per heavy atom. The Morgan fingerprint density at radius 3 is 1.55 bits per heavy atom. The number of esters is 1. The molecule has 0 aromatic rings. The van der Waals surface area contributed by atoms with E-state index >= 15 is 0 Å². The smallest absolute Gasteiger partial charge is 0.306 e. The minimum absolute atomic E-state index is 0.0513. The van der Waals surface area contributed by atoms with E-state index in [1.807, 2.05) is 0 Å². The lowest BCUT2D eigenvalue weighted by molar-refractivity contribution is -0.151. The third-order valence-corrected chi connectivity index (χ3v) is 6.77. The van der Waals surface area contributed by atoms with Crippen LogP contribution in [0.1, 0.15) is 149 Å². The van der Waals surface area contributed by atoms with Gasteiger partial charge in [0.15, 0.2) is 0 Å². The van der Waals surface area contributed by atoms with E-state index in [1.165, 1.54) is 51.4 Å². The first-order valence-electron chi connectivity index (χ1n) is 16.3. The van der Waals surface area contributed by atoms with Crippen molar-refractivity contribution in [3.63, 3.8) is 0 Å². The summed E-state index contributed by atoms with van der Waals surface area (Å²) in [7, 11) is 0. The highest BCUT2D eigenvalue weighted by molar-refractivity contribution is 5.70. The molecule has 0 aromatic heterocycles. The third-order valence-electron chi connectivity index (χ3n) is 6.77. The molecule has 0 aromatic carbocycles. The monoisotopic (exact) mass is 556 g/mol. The Labute approximate surface area is 246 Å². The van der Waals surface area contributed by atoms with Gasteiger partial charge in [0.25, 0.3) is 0 Å². The van der Waals surface area contributed by atoms with Crippen molar-refractivity contribution in [3.05, 3.63) is 60.8 Å². The number of unbranched alkanes of at least 4 members (excludes halogenated alkanes) is 10. The summed E-state index contributed by atoms with van der Waals surface area (Å²) in [6, 6.07) is 0. The van der Waals surface area contributed by atoms with E-state index in [1.54, 1.807) is 0 Å². The highest BCUT2D eigenvalue weighted by atomic mass is 16.5. The number of carbonyl (C=O) groups excluding carboxylic acids is 1. The van der Waals surface area contributed by atoms with Crippen molar-refractivity contribution in [2.24, 2.45) is 0 Å². The Hall–Kier alpha value is -2.36. The molecule has 0 amide bonds. The summed E-state index contributed by atoms with van der Waals surface area (Å²) in [5.74, 6) is -1.03. The Morgan fingerprint density at radius 2 is 1.05 bits per heavy atom. The van der Waals surface area contributed by atoms with Crippen LogP contribution in [-0.2, 0) is 14.3 Å². The van der Waals surface area contributed by atoms with Crippen molar-refractivity contribution in [2.45, 2.75) is 155 Å². The number of rotatable bonds is 28. The van der Waals surface area contributed by atoms with E-state index in [9.17, 15) is 9.59 Å². The molecule has 0 aliphatic carbocycles. The van der Waals surface area contributed by atoms with Crippen molar-refractivity contribution >= 4 is 11.9 Å². The fourth-order valence-electron chi connectivity index (χ4n) is 4.38. The summed E-state index contributed by atoms with van der Waals surface area (Å²) in [6.45, 7) is 4.39. The van der Waals surface area contributed by atoms with Gasteiger partial charge in [0.1, 0.15) is 6.10 Å². The lowest BCUT2D eigenvalue weighted by Gasteiger charge is -2.17. The topological polar surface area (TPSA) is 63.6 Å². The van der Waals surface area contributed by atoms with Crippen LogP contribution in [0, 0.1) is 0 Å². The first kappa shape index (κ1) is 37.6. The van der Waals surface area contributed by atoms with Gasteiger partial charge in [-0.1, -0.05) is 132 Å². The molecule has 0 aliphatic heterocycles. The van der Waals surface area contributed by atoms with Gasteiger partial charge in [-0.25, -0.2) is 0 Å². The SMILES string of the molecule is CC/C=C\C/C=C\C/C=C\C/C=C\C/C=C\CCCC(=O)OC(CCCCCCCCCCCC)CCC(=O)O. The van der Waals surface area contributed by atoms with Crippen LogP contribution in [0.2, 0.25) is 0 Å². The number of allylic oxidation sites excluding steroid dienone is 10. The second kappa shape index (κ2) is 31.2. The predicted octanol–water partition coefficient (Wildman–Crippen LogP) is 11.0. The highest BCUT2D eigenvalue weighted by Gasteiger charge is 2.15. The van der Waals surface area contributed by atoms with Crippen LogP contribution in [0.5, 0.6) is 0 Å². The maximum atomic E-state index is 12.3. The van der Waals surface area contributed by atoms with Crippen LogP contribution in [0.15, 0.2) is 60.8 Å². The molecular formula is C36H60O4. The van der Waals surface area contributed by atoms with Gasteiger partial charge in [-0.15, -0.1) is 0 Å². The van der Waals surface area contributed by atoms with E-state index in [2.05, 4.69) is 74.6 Å². The average Bonchev–Trinajstić information content (AvgIpc) is 2.94. The van der Waals surface area contributed by atoms with Gasteiger partial charge in [0.2, 0.25) is 0 Å². The normalized spacial score (nSPS) is 13.1. The number of ether oxygens (including phenoxy) is 1. The van der Waals surface area contributed by atoms with Crippen molar-refractivity contribution in [2.75, 3.05) is 0 Å². The molecule has 0 spiro atoms. The lowest BCUT2D eigenvalue weighted by atomic mass is 10.0. The number of aliphatic carboxylic acids is 1. The molecule has 0 bridgehead atoms. The van der Waals surface area contributed by atoms with E-state index < -0.39 is 5.97 Å². The summed E-state index contributed by atoms with van der Waals surface area (Å²) in [5, 5.41) is 9.05. The fourth-order valence-corrected chi connectivity index (χ4v) is 4.38. The van der Waals surface area contributed by atoms with Gasteiger partial charge in [-0.3, -0.25) is 9.59 Å². The number of carboxylic acids is 1. The number of hydrogen-bond acceptors (Lipinski definition) is 3. The van der Waals surface area contributed by atoms with Crippen molar-refractivity contribution < 1.29 is 19.4 Å². The van der Waals surface area contributed by atoms with Crippen molar-refractivity contribution in [1.29, 1.82) is 0 Å². The van der Waals surface area contributed by atoms with Crippen molar-refractivity contribution in [1.82, 2.24) is 0 Å². The van der Waals surface area contributed by atoms with Crippen LogP contribution in [0.25, 0.3) is 0 Å². The van der Waals surface area contributed by atoms with Gasteiger partial charge >= 0.3 is 11.9 Å². The maximum Gasteiger partial charge on any atom is 0.306 e. The Bertz CT molecular complexity index is 729. The summed E-state index contributed by atoms with van der Waals surface area (Å²) in [6.07, 6.45) is 42.3. The van der Waals surface area contributed by atoms with Crippen LogP contribution in [0.3, 0.4) is 0 Å². The minimum atomic E-state index is -0.831. The first-order chi connectivity index (χ1) is 19.6. The van der Waals surface area contributed by atoms with E-state index in [0.717, 1.165) is 64.2 Å². The van der Waals surface area contributed by atoms with Crippen LogP contribution < -0.4 is 0 Å². The Balaban J connectivity index is 3.94. The van der Waals surface area contributed by atoms with Gasteiger partial charge in [-0.05, 0) is 64.2 Å². The van der Waals surface area contributed by atoms with Gasteiger partial charge in [-0.2, -0.15) is 0 Å². The van der Waals surface area contributed by atoms with Gasteiger partial charge in [0.05, 0.1) is 0 Å². The summed E-state index contributed by atoms with van der Waals surface area (Å²) in [5.41, 5.74) is 0. The third kappa shape index (κ3) is 30.2. The largest absolute Gasteiger partial charge is 0.481 e. The minimum Gasteiger partial charge on any atom is -0.481 e. The predicted molar refractivity (Wildman–Crippen MR) is 172 cm³/mol. The zero-order valence-corrected chi connectivity index (χ0v) is 25.9. The van der Waals surface area contributed by atoms with Gasteiger partial charge in [0, 0.05) is 12.8 Å². The molecule has 228 valence electrons. The summed E-state index contributed by atoms with van der Waals surface area (Å²) in [4.78, 5) is 23.3. The molecular weight excluding hydrogens is 496 g/mol. The Kier molecular flexibility index (Phi) is 29.3. The second-order valence-corrected chi connectivity index (χ2v) is 10.6. The molecule has 0 saturated heterocycles. The highest BCUT2D eigenvalue weighted by Crippen LogP contribution is 2.16.